The Morgan fingerprint density at radius 1 is 1.26 bits per heavy atom. The lowest BCUT2D eigenvalue weighted by Crippen LogP contribution is -3.14. The Morgan fingerprint density at radius 2 is 1.96 bits per heavy atom. The first-order chi connectivity index (χ1) is 13.0. The van der Waals surface area contributed by atoms with Crippen LogP contribution in [0.3, 0.4) is 0 Å². The number of thiocarbonyl (C=S) groups is 1. The average Bonchev–Trinajstić information content (AvgIpc) is 2.67. The van der Waals surface area contributed by atoms with Crippen molar-refractivity contribution in [1.82, 2.24) is 10.7 Å². The molecule has 0 bridgehead atoms. The van der Waals surface area contributed by atoms with Gasteiger partial charge >= 0.3 is 0 Å². The number of nitrogens with zero attached hydrogens (tertiary/aromatic N) is 1. The van der Waals surface area contributed by atoms with Gasteiger partial charge in [0, 0.05) is 0 Å². The van der Waals surface area contributed by atoms with Gasteiger partial charge in [0.2, 0.25) is 0 Å². The summed E-state index contributed by atoms with van der Waals surface area (Å²) < 4.78 is 11.1. The first kappa shape index (κ1) is 21.6. The van der Waals surface area contributed by atoms with Gasteiger partial charge in [0.15, 0.2) is 5.11 Å². The molecule has 1 aliphatic heterocycles. The van der Waals surface area contributed by atoms with Gasteiger partial charge < -0.3 is 19.7 Å². The number of benzene rings is 1. The van der Waals surface area contributed by atoms with Crippen molar-refractivity contribution < 1.29 is 14.4 Å². The molecule has 150 valence electrons. The molecule has 0 atom stereocenters. The fraction of sp³-hybridized carbons (Fsp3) is 0.600. The van der Waals surface area contributed by atoms with Crippen LogP contribution in [0.2, 0.25) is 0 Å². The Bertz CT molecular complexity index is 599. The molecule has 1 aromatic carbocycles. The summed E-state index contributed by atoms with van der Waals surface area (Å²) in [7, 11) is 0. The van der Waals surface area contributed by atoms with Crippen molar-refractivity contribution >= 4 is 23.0 Å². The van der Waals surface area contributed by atoms with E-state index in [4.69, 9.17) is 21.7 Å². The summed E-state index contributed by atoms with van der Waals surface area (Å²) in [6, 6.07) is 8.00. The molecule has 1 fully saturated rings. The van der Waals surface area contributed by atoms with Gasteiger partial charge in [-0.25, -0.2) is 0 Å². The van der Waals surface area contributed by atoms with E-state index in [9.17, 15) is 0 Å². The molecule has 1 saturated heterocycles. The molecule has 0 saturated carbocycles. The third-order valence-electron chi connectivity index (χ3n) is 4.53. The van der Waals surface area contributed by atoms with E-state index in [1.165, 1.54) is 0 Å². The van der Waals surface area contributed by atoms with Gasteiger partial charge in [0.25, 0.3) is 0 Å². The molecular weight excluding hydrogens is 360 g/mol. The summed E-state index contributed by atoms with van der Waals surface area (Å²) in [5.41, 5.74) is 4.85. The molecular formula is C20H33N4O2S+. The molecule has 0 radical (unpaired) electrons. The van der Waals surface area contributed by atoms with Crippen molar-refractivity contribution in [3.8, 4) is 5.75 Å². The molecule has 7 heteroatoms. The van der Waals surface area contributed by atoms with Crippen molar-refractivity contribution in [3.63, 3.8) is 0 Å². The van der Waals surface area contributed by atoms with E-state index in [1.54, 1.807) is 4.90 Å². The summed E-state index contributed by atoms with van der Waals surface area (Å²) >= 11 is 5.30. The zero-order valence-electron chi connectivity index (χ0n) is 16.7. The highest BCUT2D eigenvalue weighted by atomic mass is 32.1. The maximum atomic E-state index is 5.75. The molecule has 0 spiro atoms. The summed E-state index contributed by atoms with van der Waals surface area (Å²) in [4.78, 5) is 1.55. The van der Waals surface area contributed by atoms with Crippen LogP contribution in [-0.2, 0) is 4.74 Å². The minimum Gasteiger partial charge on any atom is -0.494 e. The van der Waals surface area contributed by atoms with Crippen LogP contribution in [0.25, 0.3) is 0 Å². The lowest BCUT2D eigenvalue weighted by atomic mass is 10.1. The Balaban J connectivity index is 1.69. The predicted octanol–water partition coefficient (Wildman–Crippen LogP) is 1.21. The van der Waals surface area contributed by atoms with Gasteiger partial charge in [0.1, 0.15) is 18.8 Å². The van der Waals surface area contributed by atoms with Gasteiger partial charge in [-0.2, -0.15) is 5.10 Å². The van der Waals surface area contributed by atoms with Crippen LogP contribution >= 0.6 is 12.2 Å². The van der Waals surface area contributed by atoms with Gasteiger partial charge in [-0.1, -0.05) is 13.8 Å². The lowest BCUT2D eigenvalue weighted by Gasteiger charge is -2.23. The molecule has 0 unspecified atom stereocenters. The van der Waals surface area contributed by atoms with Crippen LogP contribution in [0.1, 0.15) is 32.8 Å². The Labute approximate surface area is 168 Å². The number of nitrogens with one attached hydrogen (secondary N) is 3. The molecule has 0 aliphatic carbocycles. The zero-order chi connectivity index (χ0) is 19.5. The minimum atomic E-state index is 0.552. The first-order valence-electron chi connectivity index (χ1n) is 9.77. The summed E-state index contributed by atoms with van der Waals surface area (Å²) in [5.74, 6) is 1.54. The normalized spacial score (nSPS) is 15.6. The molecule has 27 heavy (non-hydrogen) atoms. The van der Waals surface area contributed by atoms with Crippen LogP contribution < -0.4 is 20.4 Å². The van der Waals surface area contributed by atoms with Crippen molar-refractivity contribution in [2.75, 3.05) is 46.0 Å². The highest BCUT2D eigenvalue weighted by Gasteiger charge is 2.12. The largest absolute Gasteiger partial charge is 0.494 e. The monoisotopic (exact) mass is 393 g/mol. The number of hydrogen-bond donors (Lipinski definition) is 3. The molecule has 0 aromatic heterocycles. The minimum absolute atomic E-state index is 0.552. The third kappa shape index (κ3) is 8.69. The number of hydrogen-bond acceptors (Lipinski definition) is 4. The second kappa shape index (κ2) is 11.9. The Morgan fingerprint density at radius 3 is 2.63 bits per heavy atom. The van der Waals surface area contributed by atoms with Crippen LogP contribution in [0, 0.1) is 5.92 Å². The van der Waals surface area contributed by atoms with E-state index in [0.29, 0.717) is 11.0 Å². The number of quaternary nitrogens is 1. The smallest absolute Gasteiger partial charge is 0.187 e. The molecule has 1 aliphatic rings. The summed E-state index contributed by atoms with van der Waals surface area (Å²) in [6.45, 7) is 12.8. The van der Waals surface area contributed by atoms with E-state index in [0.717, 1.165) is 69.4 Å². The number of ether oxygens (including phenoxy) is 2. The van der Waals surface area contributed by atoms with Gasteiger partial charge in [0.05, 0.1) is 38.6 Å². The first-order valence-corrected chi connectivity index (χ1v) is 10.2. The van der Waals surface area contributed by atoms with E-state index >= 15 is 0 Å². The molecule has 1 aromatic rings. The molecule has 0 amide bonds. The van der Waals surface area contributed by atoms with Crippen LogP contribution in [-0.4, -0.2) is 56.8 Å². The van der Waals surface area contributed by atoms with E-state index < -0.39 is 0 Å². The number of morpholine rings is 1. The standard InChI is InChI=1S/C20H32N4O2S/c1-16(2)8-13-26-19-6-4-18(5-7-19)17(3)22-23-20(27)21-9-10-24-11-14-25-15-12-24/h4-7,16H,8-15H2,1-3H3,(H2,21,23,27)/p+1/b22-17-. The van der Waals surface area contributed by atoms with E-state index in [-0.39, 0.29) is 0 Å². The second-order valence-corrected chi connectivity index (χ2v) is 7.64. The van der Waals surface area contributed by atoms with Gasteiger partial charge in [-0.05, 0) is 61.3 Å². The number of rotatable bonds is 9. The molecule has 6 nitrogen and oxygen atoms in total. The quantitative estimate of drug-likeness (QED) is 0.335. The topological polar surface area (TPSA) is 59.3 Å². The van der Waals surface area contributed by atoms with Crippen molar-refractivity contribution in [1.29, 1.82) is 0 Å². The lowest BCUT2D eigenvalue weighted by molar-refractivity contribution is -0.906. The molecule has 2 rings (SSSR count). The molecule has 3 N–H and O–H groups in total. The summed E-state index contributed by atoms with van der Waals surface area (Å²) in [6.07, 6.45) is 1.06. The van der Waals surface area contributed by atoms with E-state index in [2.05, 4.69) is 29.7 Å². The van der Waals surface area contributed by atoms with Crippen molar-refractivity contribution in [3.05, 3.63) is 29.8 Å². The second-order valence-electron chi connectivity index (χ2n) is 7.23. The maximum Gasteiger partial charge on any atom is 0.187 e. The SMILES string of the molecule is C/C(=N/NC(=S)NCC[NH+]1CCOCC1)c1ccc(OCCC(C)C)cc1. The highest BCUT2D eigenvalue weighted by Crippen LogP contribution is 2.14. The van der Waals surface area contributed by atoms with Gasteiger partial charge in [-0.3, -0.25) is 5.43 Å². The average molecular weight is 394 g/mol. The van der Waals surface area contributed by atoms with Crippen LogP contribution in [0.15, 0.2) is 29.4 Å². The van der Waals surface area contributed by atoms with Crippen molar-refractivity contribution in [2.24, 2.45) is 11.0 Å². The fourth-order valence-corrected chi connectivity index (χ4v) is 2.85. The van der Waals surface area contributed by atoms with Crippen LogP contribution in [0.4, 0.5) is 0 Å². The maximum absolute atomic E-state index is 5.75. The third-order valence-corrected chi connectivity index (χ3v) is 4.76. The Hall–Kier alpha value is -1.70. The van der Waals surface area contributed by atoms with Crippen LogP contribution in [0.5, 0.6) is 5.75 Å². The number of hydrazone groups is 1. The predicted molar refractivity (Wildman–Crippen MR) is 114 cm³/mol. The highest BCUT2D eigenvalue weighted by molar-refractivity contribution is 7.80. The fourth-order valence-electron chi connectivity index (χ4n) is 2.71. The summed E-state index contributed by atoms with van der Waals surface area (Å²) in [5, 5.41) is 8.13. The molecule has 1 heterocycles. The van der Waals surface area contributed by atoms with E-state index in [1.807, 2.05) is 31.2 Å². The van der Waals surface area contributed by atoms with Gasteiger partial charge in [-0.15, -0.1) is 0 Å². The zero-order valence-corrected chi connectivity index (χ0v) is 17.5. The van der Waals surface area contributed by atoms with Crippen molar-refractivity contribution in [2.45, 2.75) is 27.2 Å². The Kier molecular flexibility index (Phi) is 9.52.